The molecule has 1 aromatic rings. The summed E-state index contributed by atoms with van der Waals surface area (Å²) in [6.45, 7) is 0. The third-order valence-electron chi connectivity index (χ3n) is 1.94. The number of benzene rings is 1. The number of aliphatic carboxylic acids is 1. The van der Waals surface area contributed by atoms with E-state index in [1.54, 1.807) is 0 Å². The van der Waals surface area contributed by atoms with Crippen LogP contribution in [-0.2, 0) is 11.2 Å². The van der Waals surface area contributed by atoms with Gasteiger partial charge in [0.2, 0.25) is 0 Å². The van der Waals surface area contributed by atoms with Gasteiger partial charge in [0.05, 0.1) is 12.1 Å². The van der Waals surface area contributed by atoms with Crippen LogP contribution in [0.25, 0.3) is 0 Å². The van der Waals surface area contributed by atoms with E-state index in [9.17, 15) is 9.18 Å². The van der Waals surface area contributed by atoms with Crippen molar-refractivity contribution in [3.05, 3.63) is 28.5 Å². The standard InChI is InChI=1S/C10H10ClFO3/c1-15-10-7(11)4-2-6(9(10)12)3-5-8(13)14/h2,4H,3,5H2,1H3,(H,13,14). The molecule has 0 aliphatic rings. The molecule has 3 nitrogen and oxygen atoms in total. The van der Waals surface area contributed by atoms with Crippen molar-refractivity contribution in [3.63, 3.8) is 0 Å². The summed E-state index contributed by atoms with van der Waals surface area (Å²) in [4.78, 5) is 10.3. The molecule has 0 fully saturated rings. The molecule has 0 heterocycles. The Morgan fingerprint density at radius 2 is 2.27 bits per heavy atom. The van der Waals surface area contributed by atoms with Crippen molar-refractivity contribution in [1.82, 2.24) is 0 Å². The third kappa shape index (κ3) is 2.83. The fourth-order valence-electron chi connectivity index (χ4n) is 1.20. The first-order chi connectivity index (χ1) is 7.06. The highest BCUT2D eigenvalue weighted by atomic mass is 35.5. The average Bonchev–Trinajstić information content (AvgIpc) is 2.17. The maximum absolute atomic E-state index is 13.6. The maximum atomic E-state index is 13.6. The number of carboxylic acid groups (broad SMARTS) is 1. The monoisotopic (exact) mass is 232 g/mol. The van der Waals surface area contributed by atoms with Crippen LogP contribution >= 0.6 is 11.6 Å². The number of aryl methyl sites for hydroxylation is 1. The van der Waals surface area contributed by atoms with E-state index in [4.69, 9.17) is 21.4 Å². The molecule has 0 bridgehead atoms. The van der Waals surface area contributed by atoms with E-state index in [1.165, 1.54) is 19.2 Å². The number of methoxy groups -OCH3 is 1. The Morgan fingerprint density at radius 1 is 1.60 bits per heavy atom. The highest BCUT2D eigenvalue weighted by molar-refractivity contribution is 6.32. The summed E-state index contributed by atoms with van der Waals surface area (Å²) >= 11 is 5.68. The van der Waals surface area contributed by atoms with Crippen molar-refractivity contribution in [2.45, 2.75) is 12.8 Å². The summed E-state index contributed by atoms with van der Waals surface area (Å²) in [5.74, 6) is -1.60. The molecule has 0 radical (unpaired) electrons. The van der Waals surface area contributed by atoms with Gasteiger partial charge >= 0.3 is 5.97 Å². The number of carbonyl (C=O) groups is 1. The van der Waals surface area contributed by atoms with Gasteiger partial charge in [0, 0.05) is 6.42 Å². The first-order valence-electron chi connectivity index (χ1n) is 4.29. The number of halogens is 2. The van der Waals surface area contributed by atoms with Gasteiger partial charge < -0.3 is 9.84 Å². The van der Waals surface area contributed by atoms with Crippen molar-refractivity contribution in [1.29, 1.82) is 0 Å². The number of hydrogen-bond acceptors (Lipinski definition) is 2. The quantitative estimate of drug-likeness (QED) is 0.868. The number of ether oxygens (including phenoxy) is 1. The molecular formula is C10H10ClFO3. The normalized spacial score (nSPS) is 10.1. The van der Waals surface area contributed by atoms with Gasteiger partial charge in [-0.15, -0.1) is 0 Å². The Bertz CT molecular complexity index is 379. The van der Waals surface area contributed by atoms with Crippen molar-refractivity contribution in [2.24, 2.45) is 0 Å². The summed E-state index contributed by atoms with van der Waals surface area (Å²) in [6, 6.07) is 2.95. The fourth-order valence-corrected chi connectivity index (χ4v) is 1.42. The zero-order valence-corrected chi connectivity index (χ0v) is 8.84. The number of carboxylic acids is 1. The highest BCUT2D eigenvalue weighted by Crippen LogP contribution is 2.30. The van der Waals surface area contributed by atoms with Gasteiger partial charge in [-0.2, -0.15) is 0 Å². The number of rotatable bonds is 4. The molecule has 0 unspecified atom stereocenters. The Kier molecular flexibility index (Phi) is 3.91. The van der Waals surface area contributed by atoms with Gasteiger partial charge in [-0.3, -0.25) is 4.79 Å². The van der Waals surface area contributed by atoms with Gasteiger partial charge in [0.1, 0.15) is 0 Å². The Hall–Kier alpha value is -1.29. The van der Waals surface area contributed by atoms with Crippen molar-refractivity contribution in [3.8, 4) is 5.75 Å². The molecule has 0 saturated carbocycles. The smallest absolute Gasteiger partial charge is 0.303 e. The van der Waals surface area contributed by atoms with E-state index in [0.29, 0.717) is 5.56 Å². The van der Waals surface area contributed by atoms with Crippen LogP contribution in [0, 0.1) is 5.82 Å². The van der Waals surface area contributed by atoms with Gasteiger partial charge in [-0.25, -0.2) is 4.39 Å². The van der Waals surface area contributed by atoms with E-state index in [1.807, 2.05) is 0 Å². The van der Waals surface area contributed by atoms with E-state index >= 15 is 0 Å². The molecule has 82 valence electrons. The summed E-state index contributed by atoms with van der Waals surface area (Å²) < 4.78 is 18.4. The van der Waals surface area contributed by atoms with Crippen molar-refractivity contribution in [2.75, 3.05) is 7.11 Å². The lowest BCUT2D eigenvalue weighted by atomic mass is 10.1. The molecule has 0 saturated heterocycles. The molecule has 1 aromatic carbocycles. The highest BCUT2D eigenvalue weighted by Gasteiger charge is 2.13. The van der Waals surface area contributed by atoms with E-state index in [0.717, 1.165) is 0 Å². The largest absolute Gasteiger partial charge is 0.492 e. The SMILES string of the molecule is COc1c(Cl)ccc(CCC(=O)O)c1F. The molecule has 0 amide bonds. The lowest BCUT2D eigenvalue weighted by Crippen LogP contribution is -2.01. The molecule has 0 aliphatic carbocycles. The summed E-state index contributed by atoms with van der Waals surface area (Å²) in [5, 5.41) is 8.64. The molecule has 0 atom stereocenters. The van der Waals surface area contributed by atoms with E-state index < -0.39 is 11.8 Å². The lowest BCUT2D eigenvalue weighted by molar-refractivity contribution is -0.136. The predicted molar refractivity (Wildman–Crippen MR) is 53.9 cm³/mol. The van der Waals surface area contributed by atoms with Crippen molar-refractivity contribution < 1.29 is 19.0 Å². The van der Waals surface area contributed by atoms with Crippen molar-refractivity contribution >= 4 is 17.6 Å². The van der Waals surface area contributed by atoms with Gasteiger partial charge in [-0.05, 0) is 18.1 Å². The molecule has 5 heteroatoms. The maximum Gasteiger partial charge on any atom is 0.303 e. The molecule has 1 rings (SSSR count). The third-order valence-corrected chi connectivity index (χ3v) is 2.24. The topological polar surface area (TPSA) is 46.5 Å². The molecule has 15 heavy (non-hydrogen) atoms. The predicted octanol–water partition coefficient (Wildman–Crippen LogP) is 2.50. The summed E-state index contributed by atoms with van der Waals surface area (Å²) in [5.41, 5.74) is 0.290. The van der Waals surface area contributed by atoms with Gasteiger partial charge in [0.15, 0.2) is 11.6 Å². The van der Waals surface area contributed by atoms with Crippen LogP contribution < -0.4 is 4.74 Å². The Labute approximate surface area is 91.4 Å². The Morgan fingerprint density at radius 3 is 2.80 bits per heavy atom. The van der Waals surface area contributed by atoms with Crippen LogP contribution in [0.4, 0.5) is 4.39 Å². The van der Waals surface area contributed by atoms with Crippen LogP contribution in [0.2, 0.25) is 5.02 Å². The Balaban J connectivity index is 2.94. The van der Waals surface area contributed by atoms with Crippen LogP contribution in [0.1, 0.15) is 12.0 Å². The van der Waals surface area contributed by atoms with Crippen LogP contribution in [0.15, 0.2) is 12.1 Å². The second kappa shape index (κ2) is 4.98. The summed E-state index contributed by atoms with van der Waals surface area (Å²) in [7, 11) is 1.31. The van der Waals surface area contributed by atoms with E-state index in [-0.39, 0.29) is 23.6 Å². The zero-order chi connectivity index (χ0) is 11.4. The first kappa shape index (κ1) is 11.8. The van der Waals surface area contributed by atoms with Crippen LogP contribution in [0.3, 0.4) is 0 Å². The minimum Gasteiger partial charge on any atom is -0.492 e. The minimum absolute atomic E-state index is 0.0421. The molecule has 0 spiro atoms. The van der Waals surface area contributed by atoms with Gasteiger partial charge in [-0.1, -0.05) is 17.7 Å². The van der Waals surface area contributed by atoms with Crippen LogP contribution in [-0.4, -0.2) is 18.2 Å². The van der Waals surface area contributed by atoms with Gasteiger partial charge in [0.25, 0.3) is 0 Å². The zero-order valence-electron chi connectivity index (χ0n) is 8.09. The number of hydrogen-bond donors (Lipinski definition) is 1. The minimum atomic E-state index is -0.969. The lowest BCUT2D eigenvalue weighted by Gasteiger charge is -2.08. The molecule has 0 aromatic heterocycles. The fraction of sp³-hybridized carbons (Fsp3) is 0.300. The second-order valence-corrected chi connectivity index (χ2v) is 3.35. The van der Waals surface area contributed by atoms with E-state index in [2.05, 4.69) is 0 Å². The summed E-state index contributed by atoms with van der Waals surface area (Å²) in [6.07, 6.45) is -0.00357. The average molecular weight is 233 g/mol. The molecule has 0 aliphatic heterocycles. The van der Waals surface area contributed by atoms with Crippen LogP contribution in [0.5, 0.6) is 5.75 Å². The second-order valence-electron chi connectivity index (χ2n) is 2.95. The first-order valence-corrected chi connectivity index (χ1v) is 4.66. The molecular weight excluding hydrogens is 223 g/mol. The molecule has 1 N–H and O–H groups in total.